The smallest absolute Gasteiger partial charge is 0.263 e. The third kappa shape index (κ3) is 2.23. The second-order valence-corrected chi connectivity index (χ2v) is 3.99. The summed E-state index contributed by atoms with van der Waals surface area (Å²) >= 11 is 0. The van der Waals surface area contributed by atoms with E-state index in [0.29, 0.717) is 6.61 Å². The highest BCUT2D eigenvalue weighted by molar-refractivity contribution is 5.27. The van der Waals surface area contributed by atoms with E-state index in [9.17, 15) is 8.78 Å². The molecule has 0 saturated carbocycles. The average Bonchev–Trinajstić information content (AvgIpc) is 2.77. The van der Waals surface area contributed by atoms with E-state index in [0.717, 1.165) is 12.0 Å². The van der Waals surface area contributed by atoms with Crippen LogP contribution in [-0.2, 0) is 4.74 Å². The lowest BCUT2D eigenvalue weighted by atomic mass is 9.95. The minimum absolute atomic E-state index is 0.00434. The highest BCUT2D eigenvalue weighted by Gasteiger charge is 2.29. The van der Waals surface area contributed by atoms with E-state index in [-0.39, 0.29) is 24.2 Å². The van der Waals surface area contributed by atoms with E-state index in [1.54, 1.807) is 12.1 Å². The molecule has 1 fully saturated rings. The minimum Gasteiger partial charge on any atom is -0.396 e. The highest BCUT2D eigenvalue weighted by atomic mass is 19.3. The Labute approximate surface area is 92.9 Å². The van der Waals surface area contributed by atoms with Gasteiger partial charge >= 0.3 is 0 Å². The number of ether oxygens (including phenoxy) is 1. The van der Waals surface area contributed by atoms with Crippen LogP contribution in [-0.4, -0.2) is 18.3 Å². The predicted octanol–water partition coefficient (Wildman–Crippen LogP) is 2.69. The molecule has 2 nitrogen and oxygen atoms in total. The van der Waals surface area contributed by atoms with E-state index >= 15 is 0 Å². The molecule has 1 aliphatic rings. The first-order valence-corrected chi connectivity index (χ1v) is 5.33. The van der Waals surface area contributed by atoms with E-state index in [1.165, 1.54) is 12.1 Å². The Kier molecular flexibility index (Phi) is 3.51. The van der Waals surface area contributed by atoms with Gasteiger partial charge < -0.3 is 9.84 Å². The standard InChI is InChI=1S/C12H14F2O2/c13-12(14)9-3-1-2-8(6-9)11-10(7-15)4-5-16-11/h1-3,6,10-12,15H,4-5,7H2. The largest absolute Gasteiger partial charge is 0.396 e. The van der Waals surface area contributed by atoms with Crippen molar-refractivity contribution in [2.75, 3.05) is 13.2 Å². The fourth-order valence-electron chi connectivity index (χ4n) is 2.06. The fourth-order valence-corrected chi connectivity index (χ4v) is 2.06. The summed E-state index contributed by atoms with van der Waals surface area (Å²) in [6.45, 7) is 0.609. The van der Waals surface area contributed by atoms with Crippen molar-refractivity contribution in [2.24, 2.45) is 5.92 Å². The third-order valence-corrected chi connectivity index (χ3v) is 2.94. The van der Waals surface area contributed by atoms with Gasteiger partial charge in [-0.05, 0) is 18.1 Å². The molecule has 1 heterocycles. The zero-order valence-electron chi connectivity index (χ0n) is 8.77. The van der Waals surface area contributed by atoms with Crippen molar-refractivity contribution in [3.8, 4) is 0 Å². The van der Waals surface area contributed by atoms with Gasteiger partial charge in [0, 0.05) is 24.7 Å². The monoisotopic (exact) mass is 228 g/mol. The molecule has 0 aromatic heterocycles. The highest BCUT2D eigenvalue weighted by Crippen LogP contribution is 2.35. The van der Waals surface area contributed by atoms with E-state index in [1.807, 2.05) is 0 Å². The summed E-state index contributed by atoms with van der Waals surface area (Å²) in [6.07, 6.45) is -1.93. The van der Waals surface area contributed by atoms with Gasteiger partial charge in [-0.25, -0.2) is 8.78 Å². The summed E-state index contributed by atoms with van der Waals surface area (Å²) in [5, 5.41) is 9.15. The minimum atomic E-state index is -2.46. The van der Waals surface area contributed by atoms with Gasteiger partial charge in [-0.3, -0.25) is 0 Å². The van der Waals surface area contributed by atoms with E-state index in [2.05, 4.69) is 0 Å². The SMILES string of the molecule is OCC1CCOC1c1cccc(C(F)F)c1. The number of halogens is 2. The molecule has 1 aromatic carbocycles. The molecule has 1 aliphatic heterocycles. The first-order valence-electron chi connectivity index (χ1n) is 5.33. The van der Waals surface area contributed by atoms with Crippen LogP contribution >= 0.6 is 0 Å². The lowest BCUT2D eigenvalue weighted by Crippen LogP contribution is -2.11. The summed E-state index contributed by atoms with van der Waals surface area (Å²) in [5.74, 6) is 0.0212. The van der Waals surface area contributed by atoms with Crippen molar-refractivity contribution >= 4 is 0 Å². The Balaban J connectivity index is 2.22. The Bertz CT molecular complexity index is 355. The first-order chi connectivity index (χ1) is 7.72. The van der Waals surface area contributed by atoms with Crippen LogP contribution in [0.2, 0.25) is 0 Å². The molecular formula is C12H14F2O2. The molecule has 2 atom stereocenters. The van der Waals surface area contributed by atoms with Crippen LogP contribution in [0.3, 0.4) is 0 Å². The molecular weight excluding hydrogens is 214 g/mol. The fraction of sp³-hybridized carbons (Fsp3) is 0.500. The summed E-state index contributed by atoms with van der Waals surface area (Å²) < 4.78 is 30.5. The Hall–Kier alpha value is -1.00. The van der Waals surface area contributed by atoms with Crippen LogP contribution in [0.4, 0.5) is 8.78 Å². The molecule has 88 valence electrons. The summed E-state index contributed by atoms with van der Waals surface area (Å²) in [7, 11) is 0. The van der Waals surface area contributed by atoms with Gasteiger partial charge in [0.05, 0.1) is 6.10 Å². The van der Waals surface area contributed by atoms with Gasteiger partial charge in [0.25, 0.3) is 6.43 Å². The van der Waals surface area contributed by atoms with Crippen molar-refractivity contribution in [1.29, 1.82) is 0 Å². The van der Waals surface area contributed by atoms with Crippen molar-refractivity contribution in [2.45, 2.75) is 19.0 Å². The van der Waals surface area contributed by atoms with Crippen LogP contribution in [0, 0.1) is 5.92 Å². The van der Waals surface area contributed by atoms with Crippen LogP contribution in [0.1, 0.15) is 30.1 Å². The molecule has 4 heteroatoms. The van der Waals surface area contributed by atoms with Gasteiger partial charge in [0.1, 0.15) is 0 Å². The van der Waals surface area contributed by atoms with Gasteiger partial charge in [-0.15, -0.1) is 0 Å². The molecule has 2 rings (SSSR count). The molecule has 1 aromatic rings. The third-order valence-electron chi connectivity index (χ3n) is 2.94. The molecule has 0 aliphatic carbocycles. The van der Waals surface area contributed by atoms with Crippen LogP contribution < -0.4 is 0 Å². The van der Waals surface area contributed by atoms with Crippen molar-refractivity contribution < 1.29 is 18.6 Å². The molecule has 0 bridgehead atoms. The molecule has 1 saturated heterocycles. The average molecular weight is 228 g/mol. The maximum absolute atomic E-state index is 12.5. The molecule has 2 unspecified atom stereocenters. The molecule has 0 amide bonds. The topological polar surface area (TPSA) is 29.5 Å². The number of benzene rings is 1. The lowest BCUT2D eigenvalue weighted by molar-refractivity contribution is 0.0716. The maximum Gasteiger partial charge on any atom is 0.263 e. The predicted molar refractivity (Wildman–Crippen MR) is 55.3 cm³/mol. The zero-order valence-corrected chi connectivity index (χ0v) is 8.77. The number of hydrogen-bond acceptors (Lipinski definition) is 2. The summed E-state index contributed by atoms with van der Waals surface area (Å²) in [5.41, 5.74) is 0.735. The zero-order chi connectivity index (χ0) is 11.5. The van der Waals surface area contributed by atoms with Gasteiger partial charge in [-0.1, -0.05) is 18.2 Å². The van der Waals surface area contributed by atoms with Crippen molar-refractivity contribution in [1.82, 2.24) is 0 Å². The summed E-state index contributed by atoms with van der Waals surface area (Å²) in [6, 6.07) is 6.23. The normalized spacial score (nSPS) is 25.2. The second-order valence-electron chi connectivity index (χ2n) is 3.99. The lowest BCUT2D eigenvalue weighted by Gasteiger charge is -2.17. The van der Waals surface area contributed by atoms with Gasteiger partial charge in [-0.2, -0.15) is 0 Å². The maximum atomic E-state index is 12.5. The molecule has 0 spiro atoms. The quantitative estimate of drug-likeness (QED) is 0.861. The van der Waals surface area contributed by atoms with Crippen molar-refractivity contribution in [3.05, 3.63) is 35.4 Å². The summed E-state index contributed by atoms with van der Waals surface area (Å²) in [4.78, 5) is 0. The van der Waals surface area contributed by atoms with Crippen LogP contribution in [0.25, 0.3) is 0 Å². The molecule has 16 heavy (non-hydrogen) atoms. The molecule has 0 radical (unpaired) electrons. The molecule has 1 N–H and O–H groups in total. The van der Waals surface area contributed by atoms with Gasteiger partial charge in [0.2, 0.25) is 0 Å². The Morgan fingerprint density at radius 2 is 2.25 bits per heavy atom. The Morgan fingerprint density at radius 1 is 1.44 bits per heavy atom. The number of aliphatic hydroxyl groups is 1. The van der Waals surface area contributed by atoms with E-state index < -0.39 is 6.43 Å². The van der Waals surface area contributed by atoms with Crippen molar-refractivity contribution in [3.63, 3.8) is 0 Å². The number of hydrogen-bond donors (Lipinski definition) is 1. The number of rotatable bonds is 3. The second kappa shape index (κ2) is 4.89. The van der Waals surface area contributed by atoms with E-state index in [4.69, 9.17) is 9.84 Å². The number of alkyl halides is 2. The number of aliphatic hydroxyl groups excluding tert-OH is 1. The van der Waals surface area contributed by atoms with Crippen LogP contribution in [0.5, 0.6) is 0 Å². The van der Waals surface area contributed by atoms with Crippen LogP contribution in [0.15, 0.2) is 24.3 Å². The first kappa shape index (κ1) is 11.5. The van der Waals surface area contributed by atoms with Gasteiger partial charge in [0.15, 0.2) is 0 Å². The Morgan fingerprint density at radius 3 is 2.94 bits per heavy atom.